The van der Waals surface area contributed by atoms with Gasteiger partial charge in [-0.2, -0.15) is 0 Å². The summed E-state index contributed by atoms with van der Waals surface area (Å²) in [7, 11) is 3.95. The van der Waals surface area contributed by atoms with Crippen LogP contribution in [0.2, 0.25) is 0 Å². The van der Waals surface area contributed by atoms with Gasteiger partial charge in [-0.3, -0.25) is 0 Å². The van der Waals surface area contributed by atoms with E-state index in [-0.39, 0.29) is 0 Å². The van der Waals surface area contributed by atoms with Crippen LogP contribution in [0.4, 0.5) is 5.13 Å². The second kappa shape index (κ2) is 2.45. The molecule has 0 fully saturated rings. The summed E-state index contributed by atoms with van der Waals surface area (Å²) >= 11 is 1.59. The largest absolute Gasteiger partial charge is 0.353 e. The molecule has 2 heterocycles. The van der Waals surface area contributed by atoms with E-state index in [0.717, 1.165) is 15.8 Å². The Hall–Kier alpha value is -1.10. The first kappa shape index (κ1) is 7.54. The molecule has 0 unspecified atom stereocenters. The zero-order valence-corrected chi connectivity index (χ0v) is 8.09. The molecular weight excluding hydrogens is 172 g/mol. The predicted molar refractivity (Wildman–Crippen MR) is 49.9 cm³/mol. The van der Waals surface area contributed by atoms with Crippen LogP contribution in [0, 0.1) is 6.92 Å². The summed E-state index contributed by atoms with van der Waals surface area (Å²) in [6.45, 7) is 1.97. The number of hydrogen-bond donors (Lipinski definition) is 0. The smallest absolute Gasteiger partial charge is 0.214 e. The van der Waals surface area contributed by atoms with Crippen LogP contribution in [0.1, 0.15) is 5.69 Å². The van der Waals surface area contributed by atoms with Crippen LogP contribution in [0.3, 0.4) is 0 Å². The fourth-order valence-corrected chi connectivity index (χ4v) is 1.83. The average molecular weight is 182 g/mol. The van der Waals surface area contributed by atoms with Gasteiger partial charge in [-0.05, 0) is 6.92 Å². The molecule has 0 N–H and O–H groups in total. The lowest BCUT2D eigenvalue weighted by molar-refractivity contribution is 0.939. The molecule has 0 aliphatic heterocycles. The van der Waals surface area contributed by atoms with E-state index in [4.69, 9.17) is 0 Å². The van der Waals surface area contributed by atoms with E-state index in [1.807, 2.05) is 36.6 Å². The Kier molecular flexibility index (Phi) is 1.54. The Balaban J connectivity index is 2.57. The number of aryl methyl sites for hydroxylation is 1. The molecule has 0 spiro atoms. The molecule has 64 valence electrons. The average Bonchev–Trinajstić information content (AvgIpc) is 2.42. The van der Waals surface area contributed by atoms with Gasteiger partial charge in [-0.1, -0.05) is 11.3 Å². The minimum atomic E-state index is 0.955. The number of nitrogens with zero attached hydrogens (tertiary/aromatic N) is 4. The maximum Gasteiger partial charge on any atom is 0.214 e. The van der Waals surface area contributed by atoms with Crippen LogP contribution in [-0.4, -0.2) is 28.7 Å². The zero-order valence-electron chi connectivity index (χ0n) is 7.27. The normalized spacial score (nSPS) is 10.9. The molecule has 2 rings (SSSR count). The zero-order chi connectivity index (χ0) is 8.72. The Labute approximate surface area is 74.5 Å². The van der Waals surface area contributed by atoms with Crippen LogP contribution in [0.15, 0.2) is 6.20 Å². The van der Waals surface area contributed by atoms with E-state index in [0.29, 0.717) is 0 Å². The van der Waals surface area contributed by atoms with Crippen LogP contribution in [-0.2, 0) is 0 Å². The van der Waals surface area contributed by atoms with Crippen molar-refractivity contribution in [2.45, 2.75) is 6.92 Å². The van der Waals surface area contributed by atoms with Gasteiger partial charge in [-0.25, -0.2) is 9.50 Å². The van der Waals surface area contributed by atoms with Crippen molar-refractivity contribution in [2.75, 3.05) is 19.0 Å². The first-order valence-electron chi connectivity index (χ1n) is 3.67. The summed E-state index contributed by atoms with van der Waals surface area (Å²) in [6, 6.07) is 0. The van der Waals surface area contributed by atoms with E-state index in [2.05, 4.69) is 10.1 Å². The van der Waals surface area contributed by atoms with Gasteiger partial charge in [0.15, 0.2) is 0 Å². The lowest BCUT2D eigenvalue weighted by Gasteiger charge is -2.03. The third kappa shape index (κ3) is 1.06. The van der Waals surface area contributed by atoms with E-state index < -0.39 is 0 Å². The molecule has 0 aliphatic carbocycles. The van der Waals surface area contributed by atoms with Crippen LogP contribution in [0.5, 0.6) is 0 Å². The number of imidazole rings is 1. The third-order valence-electron chi connectivity index (χ3n) is 1.54. The Morgan fingerprint density at radius 3 is 2.83 bits per heavy atom. The van der Waals surface area contributed by atoms with Gasteiger partial charge in [0, 0.05) is 14.1 Å². The monoisotopic (exact) mass is 182 g/mol. The predicted octanol–water partition coefficient (Wildman–Crippen LogP) is 1.17. The summed E-state index contributed by atoms with van der Waals surface area (Å²) in [5.41, 5.74) is 1.01. The highest BCUT2D eigenvalue weighted by Gasteiger charge is 2.06. The third-order valence-corrected chi connectivity index (χ3v) is 2.63. The van der Waals surface area contributed by atoms with Crippen molar-refractivity contribution in [1.82, 2.24) is 14.6 Å². The second-order valence-corrected chi connectivity index (χ2v) is 3.82. The number of anilines is 1. The summed E-state index contributed by atoms with van der Waals surface area (Å²) < 4.78 is 1.81. The summed E-state index contributed by atoms with van der Waals surface area (Å²) in [5.74, 6) is 0. The topological polar surface area (TPSA) is 33.4 Å². The van der Waals surface area contributed by atoms with Crippen molar-refractivity contribution < 1.29 is 0 Å². The highest BCUT2D eigenvalue weighted by molar-refractivity contribution is 7.20. The van der Waals surface area contributed by atoms with Crippen LogP contribution < -0.4 is 4.90 Å². The summed E-state index contributed by atoms with van der Waals surface area (Å²) in [4.78, 5) is 7.24. The van der Waals surface area contributed by atoms with Gasteiger partial charge in [0.1, 0.15) is 0 Å². The molecule has 4 nitrogen and oxygen atoms in total. The highest BCUT2D eigenvalue weighted by Crippen LogP contribution is 2.20. The molecule has 0 aromatic carbocycles. The molecule has 0 bridgehead atoms. The quantitative estimate of drug-likeness (QED) is 0.663. The molecule has 0 aliphatic rings. The van der Waals surface area contributed by atoms with Crippen LogP contribution >= 0.6 is 11.3 Å². The first-order chi connectivity index (χ1) is 5.66. The van der Waals surface area contributed by atoms with E-state index in [9.17, 15) is 0 Å². The SMILES string of the molecule is Cc1cn2nc(N(C)C)sc2n1. The Bertz CT molecular complexity index is 369. The van der Waals surface area contributed by atoms with Crippen molar-refractivity contribution in [2.24, 2.45) is 0 Å². The van der Waals surface area contributed by atoms with Gasteiger partial charge in [-0.15, -0.1) is 5.10 Å². The van der Waals surface area contributed by atoms with Crippen molar-refractivity contribution in [3.8, 4) is 0 Å². The van der Waals surface area contributed by atoms with Gasteiger partial charge in [0.05, 0.1) is 11.9 Å². The molecule has 0 atom stereocenters. The molecule has 5 heteroatoms. The van der Waals surface area contributed by atoms with Gasteiger partial charge < -0.3 is 4.90 Å². The minimum absolute atomic E-state index is 0.955. The van der Waals surface area contributed by atoms with Crippen molar-refractivity contribution in [3.05, 3.63) is 11.9 Å². The Morgan fingerprint density at radius 2 is 2.25 bits per heavy atom. The fourth-order valence-electron chi connectivity index (χ4n) is 0.979. The second-order valence-electron chi connectivity index (χ2n) is 2.89. The van der Waals surface area contributed by atoms with Crippen molar-refractivity contribution >= 4 is 21.4 Å². The molecule has 12 heavy (non-hydrogen) atoms. The molecule has 2 aromatic heterocycles. The standard InChI is InChI=1S/C7H10N4S/c1-5-4-11-6(8-5)12-7(9-11)10(2)3/h4H,1-3H3. The fraction of sp³-hybridized carbons (Fsp3) is 0.429. The minimum Gasteiger partial charge on any atom is -0.353 e. The maximum absolute atomic E-state index is 4.33. The van der Waals surface area contributed by atoms with Gasteiger partial charge in [0.2, 0.25) is 10.1 Å². The van der Waals surface area contributed by atoms with Crippen molar-refractivity contribution in [3.63, 3.8) is 0 Å². The number of rotatable bonds is 1. The highest BCUT2D eigenvalue weighted by atomic mass is 32.1. The van der Waals surface area contributed by atoms with Gasteiger partial charge in [0.25, 0.3) is 0 Å². The molecule has 0 amide bonds. The lowest BCUT2D eigenvalue weighted by atomic mass is 10.6. The molecule has 0 saturated carbocycles. The van der Waals surface area contributed by atoms with E-state index >= 15 is 0 Å². The van der Waals surface area contributed by atoms with Gasteiger partial charge >= 0.3 is 0 Å². The van der Waals surface area contributed by atoms with E-state index in [1.165, 1.54) is 0 Å². The van der Waals surface area contributed by atoms with Crippen molar-refractivity contribution in [1.29, 1.82) is 0 Å². The number of fused-ring (bicyclic) bond motifs is 1. The number of aromatic nitrogens is 3. The Morgan fingerprint density at radius 1 is 1.50 bits per heavy atom. The molecule has 2 aromatic rings. The van der Waals surface area contributed by atoms with Crippen LogP contribution in [0.25, 0.3) is 4.96 Å². The first-order valence-corrected chi connectivity index (χ1v) is 4.48. The lowest BCUT2D eigenvalue weighted by Crippen LogP contribution is -2.08. The van der Waals surface area contributed by atoms with E-state index in [1.54, 1.807) is 11.3 Å². The molecule has 0 radical (unpaired) electrons. The summed E-state index contributed by atoms with van der Waals surface area (Å²) in [5, 5.41) is 5.32. The summed E-state index contributed by atoms with van der Waals surface area (Å²) in [6.07, 6.45) is 1.93. The maximum atomic E-state index is 4.33. The molecular formula is C7H10N4S. The number of hydrogen-bond acceptors (Lipinski definition) is 4. The molecule has 0 saturated heterocycles.